The third kappa shape index (κ3) is 3.33. The van der Waals surface area contributed by atoms with Gasteiger partial charge in [0.05, 0.1) is 11.3 Å². The van der Waals surface area contributed by atoms with Gasteiger partial charge in [-0.15, -0.1) is 11.3 Å². The number of hydrogen-bond donors (Lipinski definition) is 1. The molecule has 7 heteroatoms. The summed E-state index contributed by atoms with van der Waals surface area (Å²) in [5.41, 5.74) is 1.56. The Morgan fingerprint density at radius 3 is 2.88 bits per heavy atom. The molecule has 4 rings (SSSR count). The van der Waals surface area contributed by atoms with E-state index < -0.39 is 5.63 Å². The lowest BCUT2D eigenvalue weighted by Crippen LogP contribution is -2.03. The molecular formula is C18H10BrFN2O2S. The Morgan fingerprint density at radius 1 is 1.16 bits per heavy atom. The van der Waals surface area contributed by atoms with Gasteiger partial charge in [-0.2, -0.15) is 0 Å². The maximum absolute atomic E-state index is 13.3. The number of aromatic nitrogens is 1. The predicted octanol–water partition coefficient (Wildman–Crippen LogP) is 5.56. The van der Waals surface area contributed by atoms with Crippen molar-refractivity contribution in [2.45, 2.75) is 0 Å². The molecule has 0 radical (unpaired) electrons. The Bertz CT molecular complexity index is 1140. The van der Waals surface area contributed by atoms with Crippen molar-refractivity contribution < 1.29 is 8.81 Å². The lowest BCUT2D eigenvalue weighted by molar-refractivity contribution is 0.563. The average molecular weight is 417 g/mol. The normalized spacial score (nSPS) is 11.0. The Balaban J connectivity index is 1.71. The van der Waals surface area contributed by atoms with Crippen molar-refractivity contribution in [3.8, 4) is 11.3 Å². The Hall–Kier alpha value is -2.51. The van der Waals surface area contributed by atoms with Gasteiger partial charge in [-0.05, 0) is 42.5 Å². The number of thiazole rings is 1. The zero-order valence-corrected chi connectivity index (χ0v) is 15.0. The highest BCUT2D eigenvalue weighted by Gasteiger charge is 2.12. The summed E-state index contributed by atoms with van der Waals surface area (Å²) >= 11 is 4.73. The zero-order valence-electron chi connectivity index (χ0n) is 12.6. The van der Waals surface area contributed by atoms with Crippen LogP contribution in [0.25, 0.3) is 22.2 Å². The summed E-state index contributed by atoms with van der Waals surface area (Å²) in [6.45, 7) is 0. The molecule has 1 N–H and O–H groups in total. The molecule has 0 atom stereocenters. The first-order valence-corrected chi connectivity index (χ1v) is 8.98. The molecule has 2 heterocycles. The number of nitrogens with one attached hydrogen (secondary N) is 1. The molecule has 0 unspecified atom stereocenters. The summed E-state index contributed by atoms with van der Waals surface area (Å²) in [4.78, 5) is 16.7. The molecule has 0 amide bonds. The molecule has 4 nitrogen and oxygen atoms in total. The monoisotopic (exact) mass is 416 g/mol. The highest BCUT2D eigenvalue weighted by atomic mass is 79.9. The van der Waals surface area contributed by atoms with Crippen LogP contribution in [0, 0.1) is 5.82 Å². The summed E-state index contributed by atoms with van der Waals surface area (Å²) < 4.78 is 19.5. The van der Waals surface area contributed by atoms with Crippen LogP contribution in [0.2, 0.25) is 0 Å². The van der Waals surface area contributed by atoms with E-state index >= 15 is 0 Å². The van der Waals surface area contributed by atoms with Crippen molar-refractivity contribution in [1.29, 1.82) is 0 Å². The van der Waals surface area contributed by atoms with Gasteiger partial charge in [0.1, 0.15) is 11.4 Å². The standard InChI is InChI=1S/C18H10BrFN2O2S/c19-11-4-5-16-10(6-11)7-14(17(23)24-16)15-9-25-18(22-15)21-13-3-1-2-12(20)8-13/h1-9H,(H,21,22). The molecule has 0 saturated carbocycles. The van der Waals surface area contributed by atoms with Crippen LogP contribution in [0.1, 0.15) is 0 Å². The van der Waals surface area contributed by atoms with E-state index in [0.29, 0.717) is 27.7 Å². The number of rotatable bonds is 3. The number of anilines is 2. The molecular weight excluding hydrogens is 407 g/mol. The maximum Gasteiger partial charge on any atom is 0.345 e. The third-order valence-electron chi connectivity index (χ3n) is 3.55. The lowest BCUT2D eigenvalue weighted by Gasteiger charge is -2.02. The quantitative estimate of drug-likeness (QED) is 0.444. The molecule has 0 aliphatic rings. The number of fused-ring (bicyclic) bond motifs is 1. The minimum atomic E-state index is -0.447. The molecule has 0 spiro atoms. The van der Waals surface area contributed by atoms with Crippen molar-refractivity contribution >= 4 is 49.1 Å². The van der Waals surface area contributed by atoms with E-state index in [-0.39, 0.29) is 5.82 Å². The largest absolute Gasteiger partial charge is 0.422 e. The molecule has 0 saturated heterocycles. The second kappa shape index (κ2) is 6.42. The van der Waals surface area contributed by atoms with Gasteiger partial charge in [-0.1, -0.05) is 22.0 Å². The molecule has 25 heavy (non-hydrogen) atoms. The molecule has 0 aliphatic heterocycles. The SMILES string of the molecule is O=c1oc2ccc(Br)cc2cc1-c1csc(Nc2cccc(F)c2)n1. The van der Waals surface area contributed by atoms with Crippen molar-refractivity contribution in [2.75, 3.05) is 5.32 Å². The van der Waals surface area contributed by atoms with Crippen LogP contribution < -0.4 is 10.9 Å². The summed E-state index contributed by atoms with van der Waals surface area (Å²) in [6, 6.07) is 13.3. The molecule has 2 aromatic carbocycles. The van der Waals surface area contributed by atoms with Gasteiger partial charge in [0.2, 0.25) is 0 Å². The van der Waals surface area contributed by atoms with E-state index in [1.807, 2.05) is 12.1 Å². The predicted molar refractivity (Wildman–Crippen MR) is 101 cm³/mol. The topological polar surface area (TPSA) is 55.1 Å². The highest BCUT2D eigenvalue weighted by molar-refractivity contribution is 9.10. The van der Waals surface area contributed by atoms with Crippen molar-refractivity contribution in [3.05, 3.63) is 74.6 Å². The van der Waals surface area contributed by atoms with Crippen LogP contribution in [-0.2, 0) is 0 Å². The molecule has 0 fully saturated rings. The molecule has 2 aromatic heterocycles. The summed E-state index contributed by atoms with van der Waals surface area (Å²) in [5.74, 6) is -0.331. The van der Waals surface area contributed by atoms with Crippen LogP contribution in [0.15, 0.2) is 67.6 Å². The van der Waals surface area contributed by atoms with E-state index in [1.54, 1.807) is 29.6 Å². The average Bonchev–Trinajstić information content (AvgIpc) is 3.03. The van der Waals surface area contributed by atoms with Gasteiger partial charge in [0.25, 0.3) is 0 Å². The van der Waals surface area contributed by atoms with Crippen molar-refractivity contribution in [1.82, 2.24) is 4.98 Å². The fourth-order valence-corrected chi connectivity index (χ4v) is 3.53. The minimum Gasteiger partial charge on any atom is -0.422 e. The van der Waals surface area contributed by atoms with E-state index in [4.69, 9.17) is 4.42 Å². The smallest absolute Gasteiger partial charge is 0.345 e. The van der Waals surface area contributed by atoms with Crippen LogP contribution in [0.5, 0.6) is 0 Å². The fourth-order valence-electron chi connectivity index (χ4n) is 2.42. The first kappa shape index (κ1) is 16.0. The number of halogens is 2. The van der Waals surface area contributed by atoms with Gasteiger partial charge >= 0.3 is 5.63 Å². The molecule has 4 aromatic rings. The highest BCUT2D eigenvalue weighted by Crippen LogP contribution is 2.28. The second-order valence-electron chi connectivity index (χ2n) is 5.30. The Labute approximate surface area is 154 Å². The third-order valence-corrected chi connectivity index (χ3v) is 4.80. The molecule has 0 aliphatic carbocycles. The first-order valence-electron chi connectivity index (χ1n) is 7.30. The van der Waals surface area contributed by atoms with E-state index in [2.05, 4.69) is 26.2 Å². The van der Waals surface area contributed by atoms with Crippen LogP contribution >= 0.6 is 27.3 Å². The van der Waals surface area contributed by atoms with Crippen molar-refractivity contribution in [3.63, 3.8) is 0 Å². The summed E-state index contributed by atoms with van der Waals surface area (Å²) in [7, 11) is 0. The van der Waals surface area contributed by atoms with Crippen molar-refractivity contribution in [2.24, 2.45) is 0 Å². The van der Waals surface area contributed by atoms with E-state index in [9.17, 15) is 9.18 Å². The van der Waals surface area contributed by atoms with E-state index in [1.165, 1.54) is 23.5 Å². The van der Waals surface area contributed by atoms with Crippen LogP contribution in [-0.4, -0.2) is 4.98 Å². The van der Waals surface area contributed by atoms with Crippen LogP contribution in [0.3, 0.4) is 0 Å². The molecule has 0 bridgehead atoms. The zero-order chi connectivity index (χ0) is 17.4. The lowest BCUT2D eigenvalue weighted by atomic mass is 10.1. The number of nitrogens with zero attached hydrogens (tertiary/aromatic N) is 1. The fraction of sp³-hybridized carbons (Fsp3) is 0. The van der Waals surface area contributed by atoms with Crippen LogP contribution in [0.4, 0.5) is 15.2 Å². The van der Waals surface area contributed by atoms with Gasteiger partial charge in [-0.3, -0.25) is 0 Å². The van der Waals surface area contributed by atoms with Gasteiger partial charge in [0, 0.05) is 20.9 Å². The molecule has 124 valence electrons. The Morgan fingerprint density at radius 2 is 2.04 bits per heavy atom. The minimum absolute atomic E-state index is 0.331. The van der Waals surface area contributed by atoms with E-state index in [0.717, 1.165) is 9.86 Å². The second-order valence-corrected chi connectivity index (χ2v) is 7.08. The summed E-state index contributed by atoms with van der Waals surface area (Å²) in [5, 5.41) is 6.16. The number of hydrogen-bond acceptors (Lipinski definition) is 5. The summed E-state index contributed by atoms with van der Waals surface area (Å²) in [6.07, 6.45) is 0. The van der Waals surface area contributed by atoms with Gasteiger partial charge in [-0.25, -0.2) is 14.2 Å². The Kier molecular flexibility index (Phi) is 4.10. The maximum atomic E-state index is 13.3. The van der Waals surface area contributed by atoms with Gasteiger partial charge < -0.3 is 9.73 Å². The first-order chi connectivity index (χ1) is 12.1. The number of benzene rings is 2. The van der Waals surface area contributed by atoms with Gasteiger partial charge in [0.15, 0.2) is 5.13 Å².